The van der Waals surface area contributed by atoms with Crippen LogP contribution in [-0.2, 0) is 22.6 Å². The Kier molecular flexibility index (Phi) is 10.7. The summed E-state index contributed by atoms with van der Waals surface area (Å²) in [5, 5.41) is 20.2. The van der Waals surface area contributed by atoms with Crippen LogP contribution in [0.15, 0.2) is 66.9 Å². The summed E-state index contributed by atoms with van der Waals surface area (Å²) in [6, 6.07) is 18.9. The Hall–Kier alpha value is -3.94. The number of hydrogen-bond donors (Lipinski definition) is 2. The third-order valence-electron chi connectivity index (χ3n) is 6.46. The molecule has 3 aromatic carbocycles. The summed E-state index contributed by atoms with van der Waals surface area (Å²) in [5.41, 5.74) is 3.46. The number of halogens is 2. The average molecular weight is 597 g/mol. The fraction of sp³-hybridized carbons (Fsp3) is 0.250. The highest BCUT2D eigenvalue weighted by atomic mass is 35.5. The summed E-state index contributed by atoms with van der Waals surface area (Å²) < 4.78 is 13.5. The predicted octanol–water partition coefficient (Wildman–Crippen LogP) is 7.85. The minimum Gasteiger partial charge on any atom is -0.494 e. The second kappa shape index (κ2) is 14.6. The molecule has 0 unspecified atom stereocenters. The first-order chi connectivity index (χ1) is 19.8. The van der Waals surface area contributed by atoms with E-state index in [1.807, 2.05) is 65.4 Å². The number of benzene rings is 3. The highest BCUT2D eigenvalue weighted by Gasteiger charge is 2.14. The Morgan fingerprint density at radius 3 is 2.29 bits per heavy atom. The van der Waals surface area contributed by atoms with Crippen LogP contribution in [0.1, 0.15) is 42.4 Å². The molecule has 1 heterocycles. The molecule has 0 fully saturated rings. The molecular weight excluding hydrogens is 565 g/mol. The summed E-state index contributed by atoms with van der Waals surface area (Å²) >= 11 is 12.1. The van der Waals surface area contributed by atoms with E-state index in [1.54, 1.807) is 18.2 Å². The van der Waals surface area contributed by atoms with Crippen LogP contribution in [0.5, 0.6) is 11.5 Å². The van der Waals surface area contributed by atoms with E-state index in [4.69, 9.17) is 37.8 Å². The van der Waals surface area contributed by atoms with E-state index in [2.05, 4.69) is 0 Å². The highest BCUT2D eigenvalue weighted by molar-refractivity contribution is 6.42. The smallest absolute Gasteiger partial charge is 0.307 e. The highest BCUT2D eigenvalue weighted by Crippen LogP contribution is 2.31. The first-order valence-electron chi connectivity index (χ1n) is 13.3. The van der Waals surface area contributed by atoms with Gasteiger partial charge in [0.2, 0.25) is 0 Å². The number of carboxylic acid groups (broad SMARTS) is 2. The lowest BCUT2D eigenvalue weighted by molar-refractivity contribution is -0.137. The van der Waals surface area contributed by atoms with Gasteiger partial charge in [0.1, 0.15) is 16.5 Å². The molecule has 1 aromatic heterocycles. The van der Waals surface area contributed by atoms with Crippen LogP contribution < -0.4 is 9.47 Å². The van der Waals surface area contributed by atoms with Gasteiger partial charge in [-0.3, -0.25) is 9.59 Å². The molecule has 0 amide bonds. The Bertz CT molecular complexity index is 1530. The summed E-state index contributed by atoms with van der Waals surface area (Å²) in [4.78, 5) is 22.5. The van der Waals surface area contributed by atoms with Gasteiger partial charge in [-0.1, -0.05) is 65.7 Å². The molecule has 4 aromatic rings. The van der Waals surface area contributed by atoms with Crippen LogP contribution in [0.2, 0.25) is 10.0 Å². The molecule has 0 aliphatic carbocycles. The maximum atomic E-state index is 11.5. The van der Waals surface area contributed by atoms with E-state index in [9.17, 15) is 14.7 Å². The van der Waals surface area contributed by atoms with Gasteiger partial charge in [0.15, 0.2) is 0 Å². The summed E-state index contributed by atoms with van der Waals surface area (Å²) in [7, 11) is 0. The van der Waals surface area contributed by atoms with E-state index in [0.29, 0.717) is 47.5 Å². The monoisotopic (exact) mass is 595 g/mol. The van der Waals surface area contributed by atoms with Crippen molar-refractivity contribution in [1.29, 1.82) is 0 Å². The number of nitrogens with zero attached hydrogens (tertiary/aromatic N) is 1. The number of carboxylic acids is 2. The van der Waals surface area contributed by atoms with Crippen molar-refractivity contribution in [1.82, 2.24) is 4.57 Å². The Morgan fingerprint density at radius 2 is 1.56 bits per heavy atom. The van der Waals surface area contributed by atoms with Crippen LogP contribution in [0.25, 0.3) is 23.1 Å². The normalized spacial score (nSPS) is 11.3. The molecule has 2 N–H and O–H groups in total. The maximum Gasteiger partial charge on any atom is 0.307 e. The quantitative estimate of drug-likeness (QED) is 0.107. The van der Waals surface area contributed by atoms with Gasteiger partial charge in [-0.25, -0.2) is 0 Å². The van der Waals surface area contributed by atoms with Gasteiger partial charge in [0, 0.05) is 30.1 Å². The predicted molar refractivity (Wildman–Crippen MR) is 162 cm³/mol. The molecule has 0 aliphatic heterocycles. The number of rotatable bonds is 15. The summed E-state index contributed by atoms with van der Waals surface area (Å²) in [6.07, 6.45) is 7.80. The van der Waals surface area contributed by atoms with Crippen molar-refractivity contribution < 1.29 is 29.3 Å². The summed E-state index contributed by atoms with van der Waals surface area (Å²) in [6.45, 7) is 1.57. The van der Waals surface area contributed by atoms with E-state index in [1.165, 1.54) is 0 Å². The van der Waals surface area contributed by atoms with Gasteiger partial charge in [-0.05, 0) is 66.3 Å². The van der Waals surface area contributed by atoms with Gasteiger partial charge >= 0.3 is 11.9 Å². The molecule has 41 heavy (non-hydrogen) atoms. The van der Waals surface area contributed by atoms with Crippen LogP contribution in [0, 0.1) is 0 Å². The molecule has 9 heteroatoms. The van der Waals surface area contributed by atoms with Crippen molar-refractivity contribution in [2.75, 3.05) is 13.2 Å². The lowest BCUT2D eigenvalue weighted by atomic mass is 10.0. The average Bonchev–Trinajstić information content (AvgIpc) is 3.29. The van der Waals surface area contributed by atoms with E-state index >= 15 is 0 Å². The molecule has 0 saturated heterocycles. The molecule has 0 radical (unpaired) electrons. The minimum atomic E-state index is -0.915. The number of aliphatic carboxylic acids is 2. The number of unbranched alkanes of at least 4 members (excludes halogenated alkanes) is 1. The number of fused-ring (bicyclic) bond motifs is 1. The SMILES string of the molecule is O=C(O)CCCn1cc(CC(=O)O)c2c(C=Cc3ccc(OCCCCOc4cccc(Cl)c4Cl)cc3)cccc21. The molecule has 0 saturated carbocycles. The molecule has 0 bridgehead atoms. The number of aromatic nitrogens is 1. The van der Waals surface area contributed by atoms with Gasteiger partial charge < -0.3 is 24.3 Å². The molecule has 7 nitrogen and oxygen atoms in total. The number of aryl methyl sites for hydroxylation is 1. The van der Waals surface area contributed by atoms with Gasteiger partial charge in [0.25, 0.3) is 0 Å². The van der Waals surface area contributed by atoms with E-state index in [-0.39, 0.29) is 12.8 Å². The molecule has 0 atom stereocenters. The molecule has 4 rings (SSSR count). The third-order valence-corrected chi connectivity index (χ3v) is 7.27. The second-order valence-electron chi connectivity index (χ2n) is 9.52. The lowest BCUT2D eigenvalue weighted by Gasteiger charge is -2.09. The number of hydrogen-bond acceptors (Lipinski definition) is 4. The largest absolute Gasteiger partial charge is 0.494 e. The van der Waals surface area contributed by atoms with E-state index in [0.717, 1.165) is 40.6 Å². The maximum absolute atomic E-state index is 11.5. The third kappa shape index (κ3) is 8.52. The zero-order chi connectivity index (χ0) is 29.2. The molecular formula is C32H31Cl2NO6. The first kappa shape index (κ1) is 30.0. The van der Waals surface area contributed by atoms with Gasteiger partial charge in [-0.15, -0.1) is 0 Å². The Morgan fingerprint density at radius 1 is 0.829 bits per heavy atom. The van der Waals surface area contributed by atoms with Crippen molar-refractivity contribution in [2.45, 2.75) is 38.6 Å². The summed E-state index contributed by atoms with van der Waals surface area (Å²) in [5.74, 6) is -0.420. The topological polar surface area (TPSA) is 98.0 Å². The minimum absolute atomic E-state index is 0.0565. The zero-order valence-corrected chi connectivity index (χ0v) is 23.9. The van der Waals surface area contributed by atoms with Crippen LogP contribution in [0.3, 0.4) is 0 Å². The number of carbonyl (C=O) groups is 2. The second-order valence-corrected chi connectivity index (χ2v) is 10.3. The number of ether oxygens (including phenoxy) is 2. The Labute approximate surface area is 248 Å². The zero-order valence-electron chi connectivity index (χ0n) is 22.4. The van der Waals surface area contributed by atoms with Crippen molar-refractivity contribution >= 4 is 58.2 Å². The van der Waals surface area contributed by atoms with Crippen LogP contribution >= 0.6 is 23.2 Å². The van der Waals surface area contributed by atoms with E-state index < -0.39 is 11.9 Å². The lowest BCUT2D eigenvalue weighted by Crippen LogP contribution is -2.02. The van der Waals surface area contributed by atoms with Gasteiger partial charge in [-0.2, -0.15) is 0 Å². The van der Waals surface area contributed by atoms with Crippen molar-refractivity contribution in [2.24, 2.45) is 0 Å². The molecule has 214 valence electrons. The van der Waals surface area contributed by atoms with Crippen LogP contribution in [-0.4, -0.2) is 39.9 Å². The van der Waals surface area contributed by atoms with Crippen molar-refractivity contribution in [3.8, 4) is 11.5 Å². The fourth-order valence-corrected chi connectivity index (χ4v) is 4.87. The Balaban J connectivity index is 1.34. The van der Waals surface area contributed by atoms with Gasteiger partial charge in [0.05, 0.1) is 24.7 Å². The van der Waals surface area contributed by atoms with Crippen molar-refractivity contribution in [3.63, 3.8) is 0 Å². The standard InChI is InChI=1S/C32H31Cl2NO6/c33-26-7-4-9-28(32(26)34)41-19-2-1-18-40-25-15-12-22(13-16-25)11-14-23-6-3-8-27-31(23)24(20-30(38)39)21-35(27)17-5-10-29(36)37/h3-4,6-9,11-16,21H,1-2,5,10,17-20H2,(H,36,37)(H,38,39). The van der Waals surface area contributed by atoms with Crippen LogP contribution in [0.4, 0.5) is 0 Å². The molecule has 0 spiro atoms. The van der Waals surface area contributed by atoms with Crippen molar-refractivity contribution in [3.05, 3.63) is 93.6 Å². The fourth-order valence-electron chi connectivity index (χ4n) is 4.52. The first-order valence-corrected chi connectivity index (χ1v) is 14.1. The molecule has 0 aliphatic rings.